The molecule has 0 aliphatic carbocycles. The molecule has 2 heterocycles. The maximum Gasteiger partial charge on any atom is 0.234 e. The van der Waals surface area contributed by atoms with Crippen molar-refractivity contribution in [1.29, 1.82) is 0 Å². The first kappa shape index (κ1) is 22.0. The highest BCUT2D eigenvalue weighted by molar-refractivity contribution is 7.99. The largest absolute Gasteiger partial charge is 0.495 e. The summed E-state index contributed by atoms with van der Waals surface area (Å²) in [6.07, 6.45) is 1.62. The molecule has 4 rings (SSSR count). The van der Waals surface area contributed by atoms with Gasteiger partial charge in [-0.2, -0.15) is 0 Å². The third-order valence-corrected chi connectivity index (χ3v) is 6.17. The second-order valence-corrected chi connectivity index (χ2v) is 8.36. The summed E-state index contributed by atoms with van der Waals surface area (Å²) in [6.45, 7) is 3.75. The standard InChI is InChI=1S/C23H21ClN4O3S/c1-14-11-19(20(30-3)12-18(14)24)25-21(29)13-32-23-27-26-22(17-9-10-31-15(17)2)28(23)16-7-5-4-6-8-16/h4-12H,13H2,1-3H3,(H,25,29). The molecule has 1 N–H and O–H groups in total. The Hall–Kier alpha value is -3.23. The number of nitrogens with zero attached hydrogens (tertiary/aromatic N) is 3. The van der Waals surface area contributed by atoms with Crippen molar-refractivity contribution in [3.8, 4) is 22.8 Å². The van der Waals surface area contributed by atoms with Crippen LogP contribution in [-0.4, -0.2) is 33.5 Å². The molecule has 164 valence electrons. The summed E-state index contributed by atoms with van der Waals surface area (Å²) in [5.41, 5.74) is 3.16. The SMILES string of the molecule is COc1cc(Cl)c(C)cc1NC(=O)CSc1nnc(-c2ccoc2C)n1-c1ccccc1. The molecule has 1 amide bonds. The van der Waals surface area contributed by atoms with Crippen molar-refractivity contribution in [2.24, 2.45) is 0 Å². The van der Waals surface area contributed by atoms with Crippen molar-refractivity contribution in [2.45, 2.75) is 19.0 Å². The molecule has 9 heteroatoms. The molecule has 7 nitrogen and oxygen atoms in total. The third-order valence-electron chi connectivity index (χ3n) is 4.83. The number of furan rings is 1. The molecule has 0 saturated heterocycles. The Morgan fingerprint density at radius 1 is 1.19 bits per heavy atom. The normalized spacial score (nSPS) is 10.9. The van der Waals surface area contributed by atoms with E-state index in [1.54, 1.807) is 18.4 Å². The molecule has 0 bridgehead atoms. The van der Waals surface area contributed by atoms with Crippen LogP contribution in [0.1, 0.15) is 11.3 Å². The van der Waals surface area contributed by atoms with Gasteiger partial charge >= 0.3 is 0 Å². The summed E-state index contributed by atoms with van der Waals surface area (Å²) >= 11 is 7.45. The number of carbonyl (C=O) groups excluding carboxylic acids is 1. The predicted octanol–water partition coefficient (Wildman–Crippen LogP) is 5.54. The summed E-state index contributed by atoms with van der Waals surface area (Å²) in [5.74, 6) is 1.84. The molecular weight excluding hydrogens is 448 g/mol. The van der Waals surface area contributed by atoms with E-state index in [2.05, 4.69) is 15.5 Å². The van der Waals surface area contributed by atoms with Crippen LogP contribution < -0.4 is 10.1 Å². The number of hydrogen-bond donors (Lipinski definition) is 1. The van der Waals surface area contributed by atoms with E-state index >= 15 is 0 Å². The zero-order valence-electron chi connectivity index (χ0n) is 17.8. The topological polar surface area (TPSA) is 82.2 Å². The van der Waals surface area contributed by atoms with Gasteiger partial charge in [0.05, 0.1) is 30.4 Å². The van der Waals surface area contributed by atoms with Crippen molar-refractivity contribution in [3.63, 3.8) is 0 Å². The summed E-state index contributed by atoms with van der Waals surface area (Å²) in [7, 11) is 1.53. The Morgan fingerprint density at radius 2 is 1.97 bits per heavy atom. The van der Waals surface area contributed by atoms with Gasteiger partial charge in [0.15, 0.2) is 11.0 Å². The fourth-order valence-electron chi connectivity index (χ4n) is 3.21. The fourth-order valence-corrected chi connectivity index (χ4v) is 4.12. The minimum atomic E-state index is -0.196. The smallest absolute Gasteiger partial charge is 0.234 e. The lowest BCUT2D eigenvalue weighted by Gasteiger charge is -2.12. The van der Waals surface area contributed by atoms with Gasteiger partial charge in [0.25, 0.3) is 0 Å². The Kier molecular flexibility index (Phi) is 6.53. The van der Waals surface area contributed by atoms with E-state index in [-0.39, 0.29) is 11.7 Å². The monoisotopic (exact) mass is 468 g/mol. The van der Waals surface area contributed by atoms with Crippen LogP contribution in [0.3, 0.4) is 0 Å². The summed E-state index contributed by atoms with van der Waals surface area (Å²) < 4.78 is 12.7. The molecule has 0 fully saturated rings. The minimum Gasteiger partial charge on any atom is -0.495 e. The quantitative estimate of drug-likeness (QED) is 0.359. The van der Waals surface area contributed by atoms with E-state index in [1.165, 1.54) is 18.9 Å². The number of hydrogen-bond acceptors (Lipinski definition) is 6. The Bertz CT molecular complexity index is 1250. The number of nitrogens with one attached hydrogen (secondary N) is 1. The summed E-state index contributed by atoms with van der Waals surface area (Å²) in [6, 6.07) is 15.1. The molecule has 0 unspecified atom stereocenters. The number of halogens is 1. The van der Waals surface area contributed by atoms with Gasteiger partial charge in [-0.25, -0.2) is 0 Å². The highest BCUT2D eigenvalue weighted by atomic mass is 35.5. The first-order valence-electron chi connectivity index (χ1n) is 9.80. The Labute approximate surface area is 194 Å². The van der Waals surface area contributed by atoms with Gasteiger partial charge in [0.1, 0.15) is 11.5 Å². The third kappa shape index (κ3) is 4.51. The van der Waals surface area contributed by atoms with Crippen LogP contribution in [0, 0.1) is 13.8 Å². The summed E-state index contributed by atoms with van der Waals surface area (Å²) in [4.78, 5) is 12.7. The zero-order valence-corrected chi connectivity index (χ0v) is 19.3. The lowest BCUT2D eigenvalue weighted by Crippen LogP contribution is -2.15. The number of anilines is 1. The van der Waals surface area contributed by atoms with Crippen molar-refractivity contribution in [3.05, 3.63) is 71.1 Å². The highest BCUT2D eigenvalue weighted by Gasteiger charge is 2.20. The maximum absolute atomic E-state index is 12.7. The molecule has 0 aliphatic rings. The molecule has 0 saturated carbocycles. The fraction of sp³-hybridized carbons (Fsp3) is 0.174. The number of aromatic nitrogens is 3. The van der Waals surface area contributed by atoms with Crippen LogP contribution in [0.15, 0.2) is 64.4 Å². The van der Waals surface area contributed by atoms with Gasteiger partial charge < -0.3 is 14.5 Å². The number of methoxy groups -OCH3 is 1. The summed E-state index contributed by atoms with van der Waals surface area (Å²) in [5, 5.41) is 12.8. The lowest BCUT2D eigenvalue weighted by molar-refractivity contribution is -0.113. The predicted molar refractivity (Wildman–Crippen MR) is 126 cm³/mol. The van der Waals surface area contributed by atoms with Crippen molar-refractivity contribution < 1.29 is 13.9 Å². The van der Waals surface area contributed by atoms with E-state index < -0.39 is 0 Å². The molecule has 0 spiro atoms. The number of thioether (sulfide) groups is 1. The second-order valence-electron chi connectivity index (χ2n) is 7.01. The average Bonchev–Trinajstić information content (AvgIpc) is 3.40. The molecule has 2 aromatic carbocycles. The van der Waals surface area contributed by atoms with E-state index in [4.69, 9.17) is 20.8 Å². The van der Waals surface area contributed by atoms with Crippen LogP contribution in [0.4, 0.5) is 5.69 Å². The molecule has 32 heavy (non-hydrogen) atoms. The van der Waals surface area contributed by atoms with Gasteiger partial charge in [-0.1, -0.05) is 41.6 Å². The van der Waals surface area contributed by atoms with E-state index in [9.17, 15) is 4.79 Å². The number of amides is 1. The van der Waals surface area contributed by atoms with Crippen LogP contribution in [-0.2, 0) is 4.79 Å². The average molecular weight is 469 g/mol. The number of rotatable bonds is 7. The van der Waals surface area contributed by atoms with Gasteiger partial charge in [-0.3, -0.25) is 9.36 Å². The molecule has 0 atom stereocenters. The molecule has 4 aromatic rings. The number of aryl methyl sites for hydroxylation is 2. The first-order chi connectivity index (χ1) is 15.5. The van der Waals surface area contributed by atoms with Crippen LogP contribution >= 0.6 is 23.4 Å². The maximum atomic E-state index is 12.7. The zero-order chi connectivity index (χ0) is 22.7. The number of ether oxygens (including phenoxy) is 1. The van der Waals surface area contributed by atoms with Gasteiger partial charge in [0.2, 0.25) is 5.91 Å². The molecular formula is C23H21ClN4O3S. The van der Waals surface area contributed by atoms with Gasteiger partial charge in [-0.05, 0) is 43.7 Å². The van der Waals surface area contributed by atoms with Gasteiger partial charge in [0, 0.05) is 16.8 Å². The number of carbonyl (C=O) groups is 1. The Morgan fingerprint density at radius 3 is 2.66 bits per heavy atom. The van der Waals surface area contributed by atoms with Gasteiger partial charge in [-0.15, -0.1) is 10.2 Å². The second kappa shape index (κ2) is 9.50. The van der Waals surface area contributed by atoms with E-state index in [0.29, 0.717) is 27.4 Å². The van der Waals surface area contributed by atoms with Crippen molar-refractivity contribution in [2.75, 3.05) is 18.2 Å². The minimum absolute atomic E-state index is 0.139. The van der Waals surface area contributed by atoms with E-state index in [0.717, 1.165) is 22.6 Å². The van der Waals surface area contributed by atoms with Crippen LogP contribution in [0.5, 0.6) is 5.75 Å². The number of para-hydroxylation sites is 1. The van der Waals surface area contributed by atoms with E-state index in [1.807, 2.05) is 54.8 Å². The molecule has 0 radical (unpaired) electrons. The molecule has 2 aromatic heterocycles. The highest BCUT2D eigenvalue weighted by Crippen LogP contribution is 2.32. The molecule has 0 aliphatic heterocycles. The van der Waals surface area contributed by atoms with Crippen LogP contribution in [0.25, 0.3) is 17.1 Å². The van der Waals surface area contributed by atoms with Crippen molar-refractivity contribution >= 4 is 35.0 Å². The lowest BCUT2D eigenvalue weighted by atomic mass is 10.2. The van der Waals surface area contributed by atoms with Crippen molar-refractivity contribution in [1.82, 2.24) is 14.8 Å². The Balaban J connectivity index is 1.58. The number of benzene rings is 2. The first-order valence-corrected chi connectivity index (χ1v) is 11.2. The van der Waals surface area contributed by atoms with Crippen LogP contribution in [0.2, 0.25) is 5.02 Å².